The van der Waals surface area contributed by atoms with Crippen molar-refractivity contribution in [1.82, 2.24) is 31.2 Å². The van der Waals surface area contributed by atoms with Crippen molar-refractivity contribution in [2.24, 2.45) is 5.92 Å². The van der Waals surface area contributed by atoms with Crippen LogP contribution in [0.5, 0.6) is 0 Å². The Morgan fingerprint density at radius 3 is 2.93 bits per heavy atom. The molecule has 2 aliphatic rings. The van der Waals surface area contributed by atoms with Crippen LogP contribution in [-0.4, -0.2) is 33.1 Å². The summed E-state index contributed by atoms with van der Waals surface area (Å²) in [5.74, 6) is 0.889. The minimum absolute atomic E-state index is 0.00351. The standard InChI is InChI=1S/C20H28N6O/c1-2-6-19(27)21-20-16-11-15(9-10-17(16)22-24-20)18-13-26(25-23-18)12-14-7-4-3-5-8-14/h3-5,7-8,13,15-17,20,22,24H,2,6,9-12H2,1H3,(H,21,27). The Labute approximate surface area is 159 Å². The molecular formula is C20H28N6O. The van der Waals surface area contributed by atoms with Crippen LogP contribution in [0.2, 0.25) is 0 Å². The molecule has 0 radical (unpaired) electrons. The molecule has 27 heavy (non-hydrogen) atoms. The molecule has 1 aliphatic heterocycles. The fourth-order valence-corrected chi connectivity index (χ4v) is 4.29. The average molecular weight is 368 g/mol. The van der Waals surface area contributed by atoms with Crippen molar-refractivity contribution >= 4 is 5.91 Å². The number of aromatic nitrogens is 3. The maximum absolute atomic E-state index is 12.0. The van der Waals surface area contributed by atoms with Crippen LogP contribution in [0.4, 0.5) is 0 Å². The maximum Gasteiger partial charge on any atom is 0.221 e. The second-order valence-corrected chi connectivity index (χ2v) is 7.69. The molecule has 3 N–H and O–H groups in total. The van der Waals surface area contributed by atoms with Gasteiger partial charge in [-0.2, -0.15) is 0 Å². The van der Waals surface area contributed by atoms with Crippen molar-refractivity contribution in [3.05, 3.63) is 47.8 Å². The van der Waals surface area contributed by atoms with Gasteiger partial charge in [-0.1, -0.05) is 42.5 Å². The first-order valence-electron chi connectivity index (χ1n) is 9.97. The lowest BCUT2D eigenvalue weighted by atomic mass is 9.76. The number of carbonyl (C=O) groups excluding carboxylic acids is 1. The van der Waals surface area contributed by atoms with Gasteiger partial charge >= 0.3 is 0 Å². The minimum atomic E-state index is -0.00351. The van der Waals surface area contributed by atoms with Gasteiger partial charge in [0.05, 0.1) is 18.4 Å². The number of amides is 1. The zero-order valence-electron chi connectivity index (χ0n) is 15.8. The van der Waals surface area contributed by atoms with Gasteiger partial charge in [-0.05, 0) is 31.2 Å². The summed E-state index contributed by atoms with van der Waals surface area (Å²) in [6.07, 6.45) is 6.70. The lowest BCUT2D eigenvalue weighted by Gasteiger charge is -2.32. The molecule has 4 rings (SSSR count). The van der Waals surface area contributed by atoms with Gasteiger partial charge in [-0.25, -0.2) is 10.1 Å². The van der Waals surface area contributed by atoms with Crippen LogP contribution in [-0.2, 0) is 11.3 Å². The normalized spacial score (nSPS) is 27.3. The van der Waals surface area contributed by atoms with Crippen molar-refractivity contribution in [3.8, 4) is 0 Å². The lowest BCUT2D eigenvalue weighted by molar-refractivity contribution is -0.122. The van der Waals surface area contributed by atoms with E-state index in [1.165, 1.54) is 5.56 Å². The molecule has 1 aliphatic carbocycles. The Hall–Kier alpha value is -2.25. The monoisotopic (exact) mass is 368 g/mol. The molecule has 1 amide bonds. The van der Waals surface area contributed by atoms with E-state index in [0.717, 1.165) is 37.9 Å². The van der Waals surface area contributed by atoms with Gasteiger partial charge in [0.15, 0.2) is 0 Å². The Bertz CT molecular complexity index is 761. The third-order valence-corrected chi connectivity index (χ3v) is 5.71. The van der Waals surface area contributed by atoms with E-state index in [4.69, 9.17) is 0 Å². The summed E-state index contributed by atoms with van der Waals surface area (Å²) < 4.78 is 1.92. The van der Waals surface area contributed by atoms with E-state index in [1.54, 1.807) is 0 Å². The number of rotatable bonds is 6. The van der Waals surface area contributed by atoms with Crippen molar-refractivity contribution < 1.29 is 4.79 Å². The zero-order valence-corrected chi connectivity index (χ0v) is 15.8. The minimum Gasteiger partial charge on any atom is -0.339 e. The summed E-state index contributed by atoms with van der Waals surface area (Å²) in [7, 11) is 0. The molecule has 7 nitrogen and oxygen atoms in total. The highest BCUT2D eigenvalue weighted by molar-refractivity contribution is 5.76. The molecule has 0 bridgehead atoms. The van der Waals surface area contributed by atoms with E-state index < -0.39 is 0 Å². The molecule has 2 aromatic rings. The topological polar surface area (TPSA) is 83.9 Å². The number of nitrogens with one attached hydrogen (secondary N) is 3. The summed E-state index contributed by atoms with van der Waals surface area (Å²) in [5.41, 5.74) is 8.92. The third-order valence-electron chi connectivity index (χ3n) is 5.71. The first-order chi connectivity index (χ1) is 13.2. The molecule has 1 aromatic heterocycles. The van der Waals surface area contributed by atoms with E-state index in [9.17, 15) is 4.79 Å². The second kappa shape index (κ2) is 8.19. The summed E-state index contributed by atoms with van der Waals surface area (Å²) >= 11 is 0. The summed E-state index contributed by atoms with van der Waals surface area (Å²) in [5, 5.41) is 11.9. The van der Waals surface area contributed by atoms with Gasteiger partial charge in [-0.3, -0.25) is 10.2 Å². The number of hydrazine groups is 1. The number of benzene rings is 1. The summed E-state index contributed by atoms with van der Waals surface area (Å²) in [4.78, 5) is 12.0. The molecule has 2 fully saturated rings. The van der Waals surface area contributed by atoms with Gasteiger partial charge in [-0.15, -0.1) is 5.10 Å². The van der Waals surface area contributed by atoms with Crippen LogP contribution in [0, 0.1) is 5.92 Å². The fraction of sp³-hybridized carbons (Fsp3) is 0.550. The van der Waals surface area contributed by atoms with Crippen LogP contribution in [0.15, 0.2) is 36.5 Å². The van der Waals surface area contributed by atoms with Gasteiger partial charge in [0.25, 0.3) is 0 Å². The fourth-order valence-electron chi connectivity index (χ4n) is 4.29. The predicted octanol–water partition coefficient (Wildman–Crippen LogP) is 1.93. The average Bonchev–Trinajstić information content (AvgIpc) is 3.30. The van der Waals surface area contributed by atoms with Gasteiger partial charge in [0.1, 0.15) is 0 Å². The largest absolute Gasteiger partial charge is 0.339 e. The highest BCUT2D eigenvalue weighted by Crippen LogP contribution is 2.38. The summed E-state index contributed by atoms with van der Waals surface area (Å²) in [6.45, 7) is 2.77. The van der Waals surface area contributed by atoms with Gasteiger partial charge in [0, 0.05) is 30.5 Å². The maximum atomic E-state index is 12.0. The van der Waals surface area contributed by atoms with E-state index in [1.807, 2.05) is 29.8 Å². The number of carbonyl (C=O) groups is 1. The first kappa shape index (κ1) is 18.1. The van der Waals surface area contributed by atoms with Gasteiger partial charge < -0.3 is 5.32 Å². The third kappa shape index (κ3) is 4.20. The molecule has 1 aromatic carbocycles. The molecular weight excluding hydrogens is 340 g/mol. The van der Waals surface area contributed by atoms with Crippen molar-refractivity contribution in [1.29, 1.82) is 0 Å². The summed E-state index contributed by atoms with van der Waals surface area (Å²) in [6, 6.07) is 10.7. The van der Waals surface area contributed by atoms with E-state index >= 15 is 0 Å². The number of hydrogen-bond acceptors (Lipinski definition) is 5. The van der Waals surface area contributed by atoms with Crippen LogP contribution in [0.3, 0.4) is 0 Å². The molecule has 0 spiro atoms. The van der Waals surface area contributed by atoms with Crippen molar-refractivity contribution in [2.45, 2.75) is 63.7 Å². The van der Waals surface area contributed by atoms with Gasteiger partial charge in [0.2, 0.25) is 5.91 Å². The number of hydrogen-bond donors (Lipinski definition) is 3. The number of nitrogens with zero attached hydrogens (tertiary/aromatic N) is 3. The van der Waals surface area contributed by atoms with E-state index in [0.29, 0.717) is 24.3 Å². The Balaban J connectivity index is 1.39. The molecule has 4 unspecified atom stereocenters. The SMILES string of the molecule is CCCC(=O)NC1NNC2CCC(c3cn(Cc4ccccc4)nn3)CC21. The van der Waals surface area contributed by atoms with Crippen LogP contribution < -0.4 is 16.2 Å². The Kier molecular flexibility index (Phi) is 5.50. The molecule has 7 heteroatoms. The van der Waals surface area contributed by atoms with E-state index in [-0.39, 0.29) is 12.1 Å². The van der Waals surface area contributed by atoms with Crippen molar-refractivity contribution in [3.63, 3.8) is 0 Å². The predicted molar refractivity (Wildman–Crippen MR) is 103 cm³/mol. The number of fused-ring (bicyclic) bond motifs is 1. The highest BCUT2D eigenvalue weighted by Gasteiger charge is 2.41. The molecule has 1 saturated carbocycles. The first-order valence-corrected chi connectivity index (χ1v) is 9.97. The van der Waals surface area contributed by atoms with Crippen LogP contribution in [0.25, 0.3) is 0 Å². The molecule has 1 saturated heterocycles. The molecule has 144 valence electrons. The Morgan fingerprint density at radius 2 is 2.11 bits per heavy atom. The van der Waals surface area contributed by atoms with Crippen LogP contribution >= 0.6 is 0 Å². The highest BCUT2D eigenvalue weighted by atomic mass is 16.1. The van der Waals surface area contributed by atoms with E-state index in [2.05, 4.69) is 44.8 Å². The lowest BCUT2D eigenvalue weighted by Crippen LogP contribution is -2.47. The second-order valence-electron chi connectivity index (χ2n) is 7.69. The van der Waals surface area contributed by atoms with Crippen molar-refractivity contribution in [2.75, 3.05) is 0 Å². The Morgan fingerprint density at radius 1 is 1.26 bits per heavy atom. The molecule has 4 atom stereocenters. The quantitative estimate of drug-likeness (QED) is 0.726. The zero-order chi connectivity index (χ0) is 18.6. The van der Waals surface area contributed by atoms with Crippen LogP contribution in [0.1, 0.15) is 56.2 Å². The smallest absolute Gasteiger partial charge is 0.221 e. The molecule has 2 heterocycles.